The van der Waals surface area contributed by atoms with Crippen LogP contribution in [0.3, 0.4) is 0 Å². The van der Waals surface area contributed by atoms with Crippen LogP contribution in [-0.2, 0) is 12.6 Å². The van der Waals surface area contributed by atoms with Crippen molar-refractivity contribution in [3.63, 3.8) is 0 Å². The topological polar surface area (TPSA) is 33.4 Å². The summed E-state index contributed by atoms with van der Waals surface area (Å²) in [6, 6.07) is 6.95. The minimum absolute atomic E-state index is 0.402. The first-order valence-electron chi connectivity index (χ1n) is 6.26. The van der Waals surface area contributed by atoms with Crippen molar-refractivity contribution in [2.24, 2.45) is 0 Å². The molecule has 0 amide bonds. The number of hydrogen-bond donors (Lipinski definition) is 1. The number of aliphatic hydroxyl groups is 1. The highest BCUT2D eigenvalue weighted by Crippen LogP contribution is 2.32. The minimum atomic E-state index is -4.36. The predicted molar refractivity (Wildman–Crippen MR) is 68.2 cm³/mol. The van der Waals surface area contributed by atoms with E-state index in [9.17, 15) is 18.3 Å². The Hall–Kier alpha value is -1.75. The Morgan fingerprint density at radius 2 is 2.00 bits per heavy atom. The molecule has 1 heterocycles. The molecule has 0 bridgehead atoms. The predicted octanol–water partition coefficient (Wildman–Crippen LogP) is 4.27. The average molecular weight is 284 g/mol. The van der Waals surface area contributed by atoms with Crippen LogP contribution >= 0.6 is 0 Å². The standard InChI is InChI=1S/C15H15F3O2/c1-10-9-11(15(16,17)18)4-6-13(10)14(19)7-5-12-3-2-8-20-12/h2-4,6,8-9,14,19H,5,7H2,1H3. The van der Waals surface area contributed by atoms with Crippen molar-refractivity contribution in [1.82, 2.24) is 0 Å². The van der Waals surface area contributed by atoms with Crippen molar-refractivity contribution < 1.29 is 22.7 Å². The maximum absolute atomic E-state index is 12.6. The molecule has 2 nitrogen and oxygen atoms in total. The van der Waals surface area contributed by atoms with E-state index in [4.69, 9.17) is 4.42 Å². The lowest BCUT2D eigenvalue weighted by Crippen LogP contribution is -2.08. The molecule has 1 unspecified atom stereocenters. The lowest BCUT2D eigenvalue weighted by molar-refractivity contribution is -0.137. The first kappa shape index (κ1) is 14.7. The van der Waals surface area contributed by atoms with Crippen LogP contribution in [-0.4, -0.2) is 5.11 Å². The summed E-state index contributed by atoms with van der Waals surface area (Å²) in [6.45, 7) is 1.57. The first-order chi connectivity index (χ1) is 9.38. The second-order valence-corrected chi connectivity index (χ2v) is 4.70. The van der Waals surface area contributed by atoms with Gasteiger partial charge in [-0.2, -0.15) is 13.2 Å². The molecule has 20 heavy (non-hydrogen) atoms. The minimum Gasteiger partial charge on any atom is -0.469 e. The fourth-order valence-electron chi connectivity index (χ4n) is 2.12. The van der Waals surface area contributed by atoms with Gasteiger partial charge >= 0.3 is 6.18 Å². The van der Waals surface area contributed by atoms with Crippen LogP contribution in [0.4, 0.5) is 13.2 Å². The van der Waals surface area contributed by atoms with Crippen LogP contribution in [0.25, 0.3) is 0 Å². The third-order valence-corrected chi connectivity index (χ3v) is 3.20. The van der Waals surface area contributed by atoms with Crippen LogP contribution in [0.2, 0.25) is 0 Å². The van der Waals surface area contributed by atoms with E-state index in [1.54, 1.807) is 25.3 Å². The number of aryl methyl sites for hydroxylation is 2. The van der Waals surface area contributed by atoms with E-state index in [1.165, 1.54) is 6.07 Å². The van der Waals surface area contributed by atoms with Gasteiger partial charge in [-0.1, -0.05) is 6.07 Å². The molecular formula is C15H15F3O2. The molecule has 1 atom stereocenters. The zero-order valence-corrected chi connectivity index (χ0v) is 10.9. The van der Waals surface area contributed by atoms with Crippen LogP contribution in [0, 0.1) is 6.92 Å². The second-order valence-electron chi connectivity index (χ2n) is 4.70. The molecule has 2 aromatic rings. The largest absolute Gasteiger partial charge is 0.469 e. The summed E-state index contributed by atoms with van der Waals surface area (Å²) in [7, 11) is 0. The van der Waals surface area contributed by atoms with Crippen LogP contribution in [0.1, 0.15) is 35.0 Å². The van der Waals surface area contributed by atoms with Gasteiger partial charge in [-0.3, -0.25) is 0 Å². The highest BCUT2D eigenvalue weighted by Gasteiger charge is 2.30. The Morgan fingerprint density at radius 3 is 2.55 bits per heavy atom. The molecule has 0 radical (unpaired) electrons. The summed E-state index contributed by atoms with van der Waals surface area (Å²) in [5.74, 6) is 0.744. The normalized spacial score (nSPS) is 13.4. The fourth-order valence-corrected chi connectivity index (χ4v) is 2.12. The van der Waals surface area contributed by atoms with Gasteiger partial charge in [-0.15, -0.1) is 0 Å². The molecule has 0 spiro atoms. The van der Waals surface area contributed by atoms with Gasteiger partial charge < -0.3 is 9.52 Å². The van der Waals surface area contributed by atoms with Crippen molar-refractivity contribution in [3.05, 3.63) is 59.0 Å². The lowest BCUT2D eigenvalue weighted by atomic mass is 9.97. The van der Waals surface area contributed by atoms with Gasteiger partial charge in [0.15, 0.2) is 0 Å². The molecule has 5 heteroatoms. The number of rotatable bonds is 4. The van der Waals surface area contributed by atoms with Crippen molar-refractivity contribution in [1.29, 1.82) is 0 Å². The summed E-state index contributed by atoms with van der Waals surface area (Å²) in [4.78, 5) is 0. The van der Waals surface area contributed by atoms with Crippen molar-refractivity contribution in [2.75, 3.05) is 0 Å². The number of hydrogen-bond acceptors (Lipinski definition) is 2. The van der Waals surface area contributed by atoms with Crippen molar-refractivity contribution >= 4 is 0 Å². The number of halogens is 3. The van der Waals surface area contributed by atoms with Gasteiger partial charge in [-0.05, 0) is 48.7 Å². The van der Waals surface area contributed by atoms with Crippen molar-refractivity contribution in [3.8, 4) is 0 Å². The molecule has 0 aliphatic heterocycles. The molecule has 108 valence electrons. The van der Waals surface area contributed by atoms with E-state index in [0.717, 1.165) is 17.9 Å². The van der Waals surface area contributed by atoms with Gasteiger partial charge in [0.2, 0.25) is 0 Å². The van der Waals surface area contributed by atoms with E-state index in [2.05, 4.69) is 0 Å². The molecule has 0 saturated heterocycles. The fraction of sp³-hybridized carbons (Fsp3) is 0.333. The van der Waals surface area contributed by atoms with Gasteiger partial charge in [0.25, 0.3) is 0 Å². The Kier molecular flexibility index (Phi) is 4.18. The van der Waals surface area contributed by atoms with Crippen LogP contribution in [0.15, 0.2) is 41.0 Å². The van der Waals surface area contributed by atoms with E-state index < -0.39 is 17.8 Å². The smallest absolute Gasteiger partial charge is 0.416 e. The third-order valence-electron chi connectivity index (χ3n) is 3.20. The van der Waals surface area contributed by atoms with E-state index >= 15 is 0 Å². The maximum Gasteiger partial charge on any atom is 0.416 e. The van der Waals surface area contributed by atoms with E-state index in [0.29, 0.717) is 24.0 Å². The summed E-state index contributed by atoms with van der Waals surface area (Å²) < 4.78 is 42.8. The molecule has 0 aliphatic rings. The first-order valence-corrected chi connectivity index (χ1v) is 6.26. The molecule has 1 aromatic heterocycles. The Balaban J connectivity index is 2.08. The Bertz CT molecular complexity index is 559. The molecule has 0 aliphatic carbocycles. The summed E-state index contributed by atoms with van der Waals surface area (Å²) in [5.41, 5.74) is 0.258. The second kappa shape index (κ2) is 5.71. The van der Waals surface area contributed by atoms with Crippen LogP contribution < -0.4 is 0 Å². The summed E-state index contributed by atoms with van der Waals surface area (Å²) in [5, 5.41) is 10.1. The molecule has 0 fully saturated rings. The van der Waals surface area contributed by atoms with Gasteiger partial charge in [0, 0.05) is 6.42 Å². The molecule has 2 rings (SSSR count). The quantitative estimate of drug-likeness (QED) is 0.909. The number of furan rings is 1. The Morgan fingerprint density at radius 1 is 1.25 bits per heavy atom. The molecule has 1 N–H and O–H groups in total. The lowest BCUT2D eigenvalue weighted by Gasteiger charge is -2.15. The van der Waals surface area contributed by atoms with E-state index in [-0.39, 0.29) is 0 Å². The van der Waals surface area contributed by atoms with E-state index in [1.807, 2.05) is 0 Å². The van der Waals surface area contributed by atoms with Crippen molar-refractivity contribution in [2.45, 2.75) is 32.0 Å². The third kappa shape index (κ3) is 3.42. The average Bonchev–Trinajstić information content (AvgIpc) is 2.87. The Labute approximate surface area is 114 Å². The number of benzene rings is 1. The SMILES string of the molecule is Cc1cc(C(F)(F)F)ccc1C(O)CCc1ccco1. The molecule has 0 saturated carbocycles. The number of alkyl halides is 3. The zero-order valence-electron chi connectivity index (χ0n) is 10.9. The molecule has 1 aromatic carbocycles. The monoisotopic (exact) mass is 284 g/mol. The maximum atomic E-state index is 12.6. The van der Waals surface area contributed by atoms with Gasteiger partial charge in [0.1, 0.15) is 5.76 Å². The highest BCUT2D eigenvalue weighted by molar-refractivity contribution is 5.34. The number of aliphatic hydroxyl groups excluding tert-OH is 1. The summed E-state index contributed by atoms with van der Waals surface area (Å²) in [6.07, 6.45) is -2.68. The zero-order chi connectivity index (χ0) is 14.8. The van der Waals surface area contributed by atoms with Crippen LogP contribution in [0.5, 0.6) is 0 Å². The van der Waals surface area contributed by atoms with Gasteiger partial charge in [-0.25, -0.2) is 0 Å². The van der Waals surface area contributed by atoms with Gasteiger partial charge in [0.05, 0.1) is 17.9 Å². The summed E-state index contributed by atoms with van der Waals surface area (Å²) >= 11 is 0. The highest BCUT2D eigenvalue weighted by atomic mass is 19.4. The molecular weight excluding hydrogens is 269 g/mol.